The van der Waals surface area contributed by atoms with Crippen LogP contribution in [0.4, 0.5) is 0 Å². The molecule has 30 heavy (non-hydrogen) atoms. The molecule has 0 N–H and O–H groups in total. The third-order valence-electron chi connectivity index (χ3n) is 4.39. The van der Waals surface area contributed by atoms with Crippen LogP contribution < -0.4 is 0 Å². The zero-order valence-corrected chi connectivity index (χ0v) is 18.6. The summed E-state index contributed by atoms with van der Waals surface area (Å²) in [5.74, 6) is 0. The van der Waals surface area contributed by atoms with Crippen molar-refractivity contribution in [2.24, 2.45) is 0 Å². The van der Waals surface area contributed by atoms with Crippen LogP contribution in [-0.2, 0) is 0 Å². The molecule has 0 aromatic carbocycles. The van der Waals surface area contributed by atoms with Crippen LogP contribution >= 0.6 is 0 Å². The molecular formula is C30H40. The average molecular weight is 401 g/mol. The summed E-state index contributed by atoms with van der Waals surface area (Å²) in [5, 5.41) is 0. The van der Waals surface area contributed by atoms with Gasteiger partial charge in [0.25, 0.3) is 0 Å². The Morgan fingerprint density at radius 2 is 0.200 bits per heavy atom. The van der Waals surface area contributed by atoms with Gasteiger partial charge in [-0.1, -0.05) is 122 Å². The van der Waals surface area contributed by atoms with E-state index in [2.05, 4.69) is 122 Å². The Hall–Kier alpha value is -2.60. The van der Waals surface area contributed by atoms with Gasteiger partial charge in [-0.3, -0.25) is 0 Å². The first-order valence-electron chi connectivity index (χ1n) is 11.5. The molecule has 0 radical (unpaired) electrons. The molecule has 0 amide bonds. The maximum absolute atomic E-state index is 2.24. The first-order chi connectivity index (χ1) is 15.0. The zero-order valence-electron chi connectivity index (χ0n) is 18.6. The van der Waals surface area contributed by atoms with E-state index >= 15 is 0 Å². The summed E-state index contributed by atoms with van der Waals surface area (Å²) in [6.07, 6.45) is 55.0. The van der Waals surface area contributed by atoms with E-state index in [0.717, 1.165) is 64.2 Å². The summed E-state index contributed by atoms with van der Waals surface area (Å²) < 4.78 is 0. The minimum absolute atomic E-state index is 1.02. The number of allylic oxidation sites excluding steroid dienone is 20. The van der Waals surface area contributed by atoms with Crippen molar-refractivity contribution in [2.45, 2.75) is 64.2 Å². The number of rotatable bonds is 0. The molecule has 1 rings (SSSR count). The molecule has 0 aliphatic heterocycles. The van der Waals surface area contributed by atoms with Gasteiger partial charge >= 0.3 is 0 Å². The van der Waals surface area contributed by atoms with Crippen LogP contribution in [0.15, 0.2) is 122 Å². The highest BCUT2D eigenvalue weighted by atomic mass is 13.8. The van der Waals surface area contributed by atoms with Gasteiger partial charge in [0, 0.05) is 0 Å². The van der Waals surface area contributed by atoms with Crippen molar-refractivity contribution in [3.8, 4) is 0 Å². The zero-order chi connectivity index (χ0) is 21.2. The Balaban J connectivity index is 2.40. The van der Waals surface area contributed by atoms with Crippen molar-refractivity contribution in [2.75, 3.05) is 0 Å². The number of hydrogen-bond acceptors (Lipinski definition) is 0. The van der Waals surface area contributed by atoms with Crippen LogP contribution in [-0.4, -0.2) is 0 Å². The second-order valence-corrected chi connectivity index (χ2v) is 7.07. The molecule has 1 aliphatic rings. The van der Waals surface area contributed by atoms with E-state index in [9.17, 15) is 0 Å². The third kappa shape index (κ3) is 20.1. The van der Waals surface area contributed by atoms with Crippen molar-refractivity contribution >= 4 is 0 Å². The topological polar surface area (TPSA) is 0 Å². The summed E-state index contributed by atoms with van der Waals surface area (Å²) in [6.45, 7) is 0. The lowest BCUT2D eigenvalue weighted by Gasteiger charge is -1.87. The second-order valence-electron chi connectivity index (χ2n) is 7.07. The molecular weight excluding hydrogens is 360 g/mol. The quantitative estimate of drug-likeness (QED) is 0.355. The van der Waals surface area contributed by atoms with Crippen molar-refractivity contribution in [3.05, 3.63) is 122 Å². The molecule has 0 heterocycles. The van der Waals surface area contributed by atoms with Gasteiger partial charge in [0.15, 0.2) is 0 Å². The van der Waals surface area contributed by atoms with Gasteiger partial charge in [-0.25, -0.2) is 0 Å². The van der Waals surface area contributed by atoms with Gasteiger partial charge in [-0.05, 0) is 64.2 Å². The van der Waals surface area contributed by atoms with Gasteiger partial charge in [0.1, 0.15) is 0 Å². The van der Waals surface area contributed by atoms with Crippen molar-refractivity contribution in [1.29, 1.82) is 0 Å². The van der Waals surface area contributed by atoms with E-state index in [0.29, 0.717) is 0 Å². The standard InChI is InChI=1S/C30H40/c1-2-4-6-8-10-12-14-16-18-20-22-24-26-28-30-29-27-25-23-21-19-17-15-13-11-9-7-5-3-1/h1-2,5-8,11-14,17-20,23-26,29-30H,3-4,9-10,15-16,21-22,27-28H2/b2-1-,7-5+,8-6+,13-11+,14-12+,19-17+,20-18+,25-23+,26-24+,30-29-. The molecule has 1 aliphatic carbocycles. The van der Waals surface area contributed by atoms with E-state index < -0.39 is 0 Å². The Bertz CT molecular complexity index is 430. The molecule has 0 bridgehead atoms. The Kier molecular flexibility index (Phi) is 19.2. The van der Waals surface area contributed by atoms with Crippen LogP contribution in [0.2, 0.25) is 0 Å². The molecule has 0 heteroatoms. The van der Waals surface area contributed by atoms with Crippen LogP contribution in [0.25, 0.3) is 0 Å². The summed E-state index contributed by atoms with van der Waals surface area (Å²) in [6, 6.07) is 0. The highest BCUT2D eigenvalue weighted by molar-refractivity contribution is 5.04. The van der Waals surface area contributed by atoms with Gasteiger partial charge in [0.2, 0.25) is 0 Å². The molecule has 0 atom stereocenters. The number of hydrogen-bond donors (Lipinski definition) is 0. The predicted octanol–water partition coefficient (Wildman–Crippen LogP) is 9.46. The van der Waals surface area contributed by atoms with Crippen LogP contribution in [0.1, 0.15) is 64.2 Å². The van der Waals surface area contributed by atoms with E-state index in [1.165, 1.54) is 0 Å². The van der Waals surface area contributed by atoms with E-state index in [1.54, 1.807) is 0 Å². The molecule has 0 aromatic rings. The van der Waals surface area contributed by atoms with E-state index in [-0.39, 0.29) is 0 Å². The highest BCUT2D eigenvalue weighted by Gasteiger charge is 1.78. The monoisotopic (exact) mass is 400 g/mol. The lowest BCUT2D eigenvalue weighted by atomic mass is 10.2. The average Bonchev–Trinajstić information content (AvgIpc) is 2.76. The summed E-state index contributed by atoms with van der Waals surface area (Å²) in [7, 11) is 0. The molecule has 0 saturated heterocycles. The molecule has 0 unspecified atom stereocenters. The van der Waals surface area contributed by atoms with Crippen LogP contribution in [0, 0.1) is 0 Å². The fraction of sp³-hybridized carbons (Fsp3) is 0.333. The Morgan fingerprint density at radius 1 is 0.133 bits per heavy atom. The maximum Gasteiger partial charge on any atom is -0.0169 e. The lowest BCUT2D eigenvalue weighted by Crippen LogP contribution is -1.66. The second kappa shape index (κ2) is 22.7. The fourth-order valence-electron chi connectivity index (χ4n) is 2.71. The van der Waals surface area contributed by atoms with Crippen molar-refractivity contribution in [1.82, 2.24) is 0 Å². The third-order valence-corrected chi connectivity index (χ3v) is 4.39. The molecule has 0 saturated carbocycles. The Morgan fingerprint density at radius 3 is 0.267 bits per heavy atom. The maximum atomic E-state index is 2.24. The molecule has 0 nitrogen and oxygen atoms in total. The summed E-state index contributed by atoms with van der Waals surface area (Å²) in [4.78, 5) is 0. The highest BCUT2D eigenvalue weighted by Crippen LogP contribution is 1.99. The van der Waals surface area contributed by atoms with Crippen molar-refractivity contribution < 1.29 is 0 Å². The van der Waals surface area contributed by atoms with Gasteiger partial charge < -0.3 is 0 Å². The van der Waals surface area contributed by atoms with Crippen LogP contribution in [0.3, 0.4) is 0 Å². The Labute approximate surface area is 185 Å². The lowest BCUT2D eigenvalue weighted by molar-refractivity contribution is 1.23. The molecule has 0 spiro atoms. The fourth-order valence-corrected chi connectivity index (χ4v) is 2.71. The predicted molar refractivity (Wildman–Crippen MR) is 138 cm³/mol. The van der Waals surface area contributed by atoms with E-state index in [4.69, 9.17) is 0 Å². The van der Waals surface area contributed by atoms with Gasteiger partial charge in [0.05, 0.1) is 0 Å². The minimum Gasteiger partial charge on any atom is -0.0844 e. The first kappa shape index (κ1) is 25.4. The smallest absolute Gasteiger partial charge is 0.0169 e. The summed E-state index contributed by atoms with van der Waals surface area (Å²) >= 11 is 0. The largest absolute Gasteiger partial charge is 0.0844 e. The molecule has 160 valence electrons. The molecule has 0 fully saturated rings. The van der Waals surface area contributed by atoms with E-state index in [1.807, 2.05) is 0 Å². The molecule has 0 aromatic heterocycles. The van der Waals surface area contributed by atoms with Gasteiger partial charge in [-0.2, -0.15) is 0 Å². The van der Waals surface area contributed by atoms with Gasteiger partial charge in [-0.15, -0.1) is 0 Å². The normalized spacial score (nSPS) is 29.3. The first-order valence-corrected chi connectivity index (χ1v) is 11.5. The van der Waals surface area contributed by atoms with Crippen molar-refractivity contribution in [3.63, 3.8) is 0 Å². The van der Waals surface area contributed by atoms with Crippen LogP contribution in [0.5, 0.6) is 0 Å². The minimum atomic E-state index is 1.02. The summed E-state index contributed by atoms with van der Waals surface area (Å²) in [5.41, 5.74) is 0. The SMILES string of the molecule is C1=C\C/C=C/C/C=C/C/C=C/C/C=C/C/C=C\C/C=C/C/C=C/C/C=C/C/C=C/C/1.